The van der Waals surface area contributed by atoms with Crippen molar-refractivity contribution in [2.24, 2.45) is 0 Å². The van der Waals surface area contributed by atoms with Crippen LogP contribution in [0.3, 0.4) is 0 Å². The fourth-order valence-corrected chi connectivity index (χ4v) is 4.41. The maximum Gasteiger partial charge on any atom is 0.282 e. The first kappa shape index (κ1) is 19.2. The minimum atomic E-state index is -0.384. The Bertz CT molecular complexity index is 1230. The summed E-state index contributed by atoms with van der Waals surface area (Å²) in [5.41, 5.74) is 5.08. The summed E-state index contributed by atoms with van der Waals surface area (Å²) in [4.78, 5) is 30.5. The van der Waals surface area contributed by atoms with Crippen molar-refractivity contribution in [1.82, 2.24) is 4.90 Å². The molecule has 0 aromatic heterocycles. The molecule has 0 bridgehead atoms. The van der Waals surface area contributed by atoms with Crippen LogP contribution in [0.4, 0.5) is 10.1 Å². The van der Waals surface area contributed by atoms with Crippen LogP contribution in [-0.2, 0) is 22.6 Å². The molecule has 31 heavy (non-hydrogen) atoms. The van der Waals surface area contributed by atoms with Crippen molar-refractivity contribution < 1.29 is 14.0 Å². The summed E-state index contributed by atoms with van der Waals surface area (Å²) in [5, 5.41) is 0. The molecule has 0 radical (unpaired) electrons. The van der Waals surface area contributed by atoms with Crippen molar-refractivity contribution in [2.75, 3.05) is 11.4 Å². The molecule has 2 aliphatic rings. The van der Waals surface area contributed by atoms with Gasteiger partial charge in [0.25, 0.3) is 11.8 Å². The van der Waals surface area contributed by atoms with Crippen molar-refractivity contribution in [2.45, 2.75) is 19.9 Å². The van der Waals surface area contributed by atoms with Gasteiger partial charge in [0, 0.05) is 13.1 Å². The van der Waals surface area contributed by atoms with Gasteiger partial charge in [-0.25, -0.2) is 9.29 Å². The molecular weight excluding hydrogens is 391 g/mol. The minimum absolute atomic E-state index is 0.327. The number of rotatable bonds is 3. The lowest BCUT2D eigenvalue weighted by molar-refractivity contribution is -0.120. The third kappa shape index (κ3) is 3.22. The number of halogens is 1. The molecule has 154 valence electrons. The zero-order chi connectivity index (χ0) is 21.5. The van der Waals surface area contributed by atoms with E-state index in [0.717, 1.165) is 17.5 Å². The van der Waals surface area contributed by atoms with Gasteiger partial charge in [-0.15, -0.1) is 0 Å². The maximum absolute atomic E-state index is 13.7. The van der Waals surface area contributed by atoms with Crippen molar-refractivity contribution in [3.63, 3.8) is 0 Å². The lowest BCUT2D eigenvalue weighted by atomic mass is 9.98. The molecule has 4 nitrogen and oxygen atoms in total. The van der Waals surface area contributed by atoms with E-state index < -0.39 is 0 Å². The van der Waals surface area contributed by atoms with Gasteiger partial charge in [0.05, 0.1) is 11.3 Å². The molecule has 0 aliphatic carbocycles. The van der Waals surface area contributed by atoms with E-state index in [1.165, 1.54) is 22.6 Å². The van der Waals surface area contributed by atoms with E-state index in [9.17, 15) is 14.0 Å². The monoisotopic (exact) mass is 412 g/mol. The number of carbonyl (C=O) groups is 2. The Morgan fingerprint density at radius 3 is 2.23 bits per heavy atom. The molecule has 0 atom stereocenters. The number of fused-ring (bicyclic) bond motifs is 1. The Kier molecular flexibility index (Phi) is 4.66. The quantitative estimate of drug-likeness (QED) is 0.596. The standard InChI is InChI=1S/C26H21FN2O2/c1-17-6-2-5-9-22(17)29-25(30)23(19-10-12-21(27)13-11-19)24(26(29)31)28-15-14-18-7-3-4-8-20(18)16-28/h2-13H,14-16H2,1H3. The molecule has 0 unspecified atom stereocenters. The van der Waals surface area contributed by atoms with Gasteiger partial charge < -0.3 is 4.90 Å². The van der Waals surface area contributed by atoms with Crippen LogP contribution < -0.4 is 4.90 Å². The molecule has 0 saturated heterocycles. The molecule has 0 N–H and O–H groups in total. The van der Waals surface area contributed by atoms with E-state index in [0.29, 0.717) is 35.6 Å². The van der Waals surface area contributed by atoms with Crippen molar-refractivity contribution in [3.8, 4) is 0 Å². The van der Waals surface area contributed by atoms with E-state index in [4.69, 9.17) is 0 Å². The van der Waals surface area contributed by atoms with Gasteiger partial charge in [-0.2, -0.15) is 0 Å². The van der Waals surface area contributed by atoms with E-state index >= 15 is 0 Å². The molecule has 2 aliphatic heterocycles. The third-order valence-corrected chi connectivity index (χ3v) is 6.00. The van der Waals surface area contributed by atoms with Crippen LogP contribution in [-0.4, -0.2) is 23.3 Å². The first-order valence-corrected chi connectivity index (χ1v) is 10.3. The Balaban J connectivity index is 1.64. The highest BCUT2D eigenvalue weighted by Gasteiger charge is 2.43. The van der Waals surface area contributed by atoms with E-state index in [1.54, 1.807) is 18.2 Å². The van der Waals surface area contributed by atoms with Crippen molar-refractivity contribution >= 4 is 23.1 Å². The molecule has 2 heterocycles. The molecule has 2 amide bonds. The second kappa shape index (κ2) is 7.51. The summed E-state index contributed by atoms with van der Waals surface area (Å²) in [5.74, 6) is -1.09. The lowest BCUT2D eigenvalue weighted by Gasteiger charge is -2.31. The van der Waals surface area contributed by atoms with Gasteiger partial charge in [0.2, 0.25) is 0 Å². The number of anilines is 1. The zero-order valence-electron chi connectivity index (χ0n) is 17.1. The number of benzene rings is 3. The number of imide groups is 1. The summed E-state index contributed by atoms with van der Waals surface area (Å²) >= 11 is 0. The average molecular weight is 412 g/mol. The number of aryl methyl sites for hydroxylation is 1. The molecule has 5 rings (SSSR count). The molecule has 0 spiro atoms. The van der Waals surface area contributed by atoms with Crippen molar-refractivity contribution in [3.05, 3.63) is 107 Å². The SMILES string of the molecule is Cc1ccccc1N1C(=O)C(c2ccc(F)cc2)=C(N2CCc3ccccc3C2)C1=O. The van der Waals surface area contributed by atoms with E-state index in [2.05, 4.69) is 12.1 Å². The summed E-state index contributed by atoms with van der Waals surface area (Å²) < 4.78 is 13.6. The number of nitrogens with zero attached hydrogens (tertiary/aromatic N) is 2. The molecule has 0 fully saturated rings. The van der Waals surface area contributed by atoms with E-state index in [-0.39, 0.29) is 17.6 Å². The second-order valence-electron chi connectivity index (χ2n) is 7.90. The normalized spacial score (nSPS) is 16.2. The largest absolute Gasteiger partial charge is 0.362 e. The highest BCUT2D eigenvalue weighted by molar-refractivity contribution is 6.45. The first-order valence-electron chi connectivity index (χ1n) is 10.3. The predicted molar refractivity (Wildman–Crippen MR) is 118 cm³/mol. The van der Waals surface area contributed by atoms with Gasteiger partial charge in [-0.05, 0) is 53.8 Å². The summed E-state index contributed by atoms with van der Waals surface area (Å²) in [7, 11) is 0. The molecule has 3 aromatic rings. The Morgan fingerprint density at radius 1 is 0.806 bits per heavy atom. The summed E-state index contributed by atoms with van der Waals surface area (Å²) in [6.45, 7) is 3.07. The predicted octanol–water partition coefficient (Wildman–Crippen LogP) is 4.48. The summed E-state index contributed by atoms with van der Waals surface area (Å²) in [6.07, 6.45) is 0.794. The molecular formula is C26H21FN2O2. The molecule has 3 aromatic carbocycles. The van der Waals surface area contributed by atoms with Gasteiger partial charge >= 0.3 is 0 Å². The smallest absolute Gasteiger partial charge is 0.282 e. The van der Waals surface area contributed by atoms with Crippen LogP contribution >= 0.6 is 0 Å². The zero-order valence-corrected chi connectivity index (χ0v) is 17.1. The number of hydrogen-bond donors (Lipinski definition) is 0. The second-order valence-corrected chi connectivity index (χ2v) is 7.90. The fraction of sp³-hybridized carbons (Fsp3) is 0.154. The molecule has 5 heteroatoms. The van der Waals surface area contributed by atoms with Gasteiger partial charge in [-0.1, -0.05) is 54.6 Å². The van der Waals surface area contributed by atoms with Gasteiger partial charge in [-0.3, -0.25) is 9.59 Å². The van der Waals surface area contributed by atoms with E-state index in [1.807, 2.05) is 42.2 Å². The maximum atomic E-state index is 13.7. The van der Waals surface area contributed by atoms with Crippen LogP contribution in [0.5, 0.6) is 0 Å². The van der Waals surface area contributed by atoms with Crippen LogP contribution in [0.1, 0.15) is 22.3 Å². The third-order valence-electron chi connectivity index (χ3n) is 6.00. The Labute approximate surface area is 180 Å². The highest BCUT2D eigenvalue weighted by Crippen LogP contribution is 2.37. The Morgan fingerprint density at radius 2 is 1.48 bits per heavy atom. The number of hydrogen-bond acceptors (Lipinski definition) is 3. The minimum Gasteiger partial charge on any atom is -0.362 e. The summed E-state index contributed by atoms with van der Waals surface area (Å²) in [6, 6.07) is 21.3. The van der Waals surface area contributed by atoms with Gasteiger partial charge in [0.15, 0.2) is 0 Å². The molecule has 0 saturated carbocycles. The highest BCUT2D eigenvalue weighted by atomic mass is 19.1. The average Bonchev–Trinajstić information content (AvgIpc) is 3.04. The van der Waals surface area contributed by atoms with Crippen LogP contribution in [0, 0.1) is 12.7 Å². The van der Waals surface area contributed by atoms with Gasteiger partial charge in [0.1, 0.15) is 11.5 Å². The van der Waals surface area contributed by atoms with Crippen molar-refractivity contribution in [1.29, 1.82) is 0 Å². The lowest BCUT2D eigenvalue weighted by Crippen LogP contribution is -2.37. The number of para-hydroxylation sites is 1. The van der Waals surface area contributed by atoms with Crippen LogP contribution in [0.25, 0.3) is 5.57 Å². The first-order chi connectivity index (χ1) is 15.0. The van der Waals surface area contributed by atoms with Crippen LogP contribution in [0.15, 0.2) is 78.5 Å². The van der Waals surface area contributed by atoms with Crippen LogP contribution in [0.2, 0.25) is 0 Å². The fourth-order valence-electron chi connectivity index (χ4n) is 4.41. The topological polar surface area (TPSA) is 40.6 Å². The number of amides is 2. The number of carbonyl (C=O) groups excluding carboxylic acids is 2. The Hall–Kier alpha value is -3.73.